The Kier molecular flexibility index (Phi) is 8.15. The Labute approximate surface area is 207 Å². The fourth-order valence-corrected chi connectivity index (χ4v) is 6.39. The maximum Gasteiger partial charge on any atom is 0.312 e. The summed E-state index contributed by atoms with van der Waals surface area (Å²) in [6.07, 6.45) is 2.85. The van der Waals surface area contributed by atoms with Crippen molar-refractivity contribution in [1.82, 2.24) is 14.7 Å². The Hall–Kier alpha value is -2.01. The molecule has 4 fully saturated rings. The summed E-state index contributed by atoms with van der Waals surface area (Å²) in [6.45, 7) is 11.9. The van der Waals surface area contributed by atoms with Crippen LogP contribution in [0, 0.1) is 11.8 Å². The van der Waals surface area contributed by atoms with Gasteiger partial charge in [0.15, 0.2) is 0 Å². The highest BCUT2D eigenvalue weighted by Gasteiger charge is 2.75. The first-order chi connectivity index (χ1) is 16.9. The average molecular weight is 494 g/mol. The number of morpholine rings is 1. The minimum Gasteiger partial charge on any atom is -0.466 e. The zero-order valence-electron chi connectivity index (χ0n) is 20.9. The number of esters is 1. The van der Waals surface area contributed by atoms with E-state index in [4.69, 9.17) is 14.2 Å². The molecule has 6 atom stereocenters. The van der Waals surface area contributed by atoms with Gasteiger partial charge in [-0.3, -0.25) is 19.3 Å². The molecular formula is C25H39N3O7. The number of aliphatic hydroxyl groups is 1. The molecule has 0 aromatic rings. The summed E-state index contributed by atoms with van der Waals surface area (Å²) in [6, 6.07) is -1.43. The second-order valence-electron chi connectivity index (χ2n) is 9.83. The first-order valence-corrected chi connectivity index (χ1v) is 12.9. The SMILES string of the molecule is C=CCN(CCN1CCOCC1)C(=O)[C@H]1N([C@@H](CC)CO)C(=O)[C@@H]2[C@@H](C(=O)OCC)[C@H]3CC[C@]21O3. The lowest BCUT2D eigenvalue weighted by atomic mass is 9.70. The van der Waals surface area contributed by atoms with E-state index in [1.165, 1.54) is 4.90 Å². The third-order valence-corrected chi connectivity index (χ3v) is 8.06. The van der Waals surface area contributed by atoms with Gasteiger partial charge in [0.05, 0.1) is 50.4 Å². The van der Waals surface area contributed by atoms with Crippen LogP contribution in [0.25, 0.3) is 0 Å². The van der Waals surface area contributed by atoms with Gasteiger partial charge in [-0.2, -0.15) is 0 Å². The van der Waals surface area contributed by atoms with Gasteiger partial charge in [0.1, 0.15) is 11.6 Å². The van der Waals surface area contributed by atoms with Gasteiger partial charge in [0.25, 0.3) is 0 Å². The van der Waals surface area contributed by atoms with E-state index in [2.05, 4.69) is 11.5 Å². The van der Waals surface area contributed by atoms with Crippen LogP contribution in [0.3, 0.4) is 0 Å². The molecule has 1 N–H and O–H groups in total. The van der Waals surface area contributed by atoms with Gasteiger partial charge < -0.3 is 29.1 Å². The summed E-state index contributed by atoms with van der Waals surface area (Å²) in [7, 11) is 0. The highest BCUT2D eigenvalue weighted by Crippen LogP contribution is 2.59. The lowest BCUT2D eigenvalue weighted by molar-refractivity contribution is -0.156. The number of ether oxygens (including phenoxy) is 3. The van der Waals surface area contributed by atoms with E-state index in [-0.39, 0.29) is 25.0 Å². The van der Waals surface area contributed by atoms with Crippen LogP contribution in [-0.2, 0) is 28.6 Å². The molecule has 1 spiro atoms. The molecule has 0 saturated carbocycles. The van der Waals surface area contributed by atoms with Crippen molar-refractivity contribution < 1.29 is 33.7 Å². The number of nitrogens with zero attached hydrogens (tertiary/aromatic N) is 3. The standard InChI is InChI=1S/C25H39N3O7/c1-4-9-27(11-10-26-12-14-33-15-13-26)23(31)21-25-8-7-18(35-25)19(24(32)34-6-3)20(25)22(30)28(21)17(5-2)16-29/h4,17-21,29H,1,5-16H2,2-3H3/t17-,18+,19-,20-,21+,25-/m0/s1. The van der Waals surface area contributed by atoms with Crippen LogP contribution in [0.4, 0.5) is 0 Å². The van der Waals surface area contributed by atoms with Gasteiger partial charge in [-0.25, -0.2) is 0 Å². The Morgan fingerprint density at radius 3 is 2.71 bits per heavy atom. The van der Waals surface area contributed by atoms with Crippen molar-refractivity contribution in [2.45, 2.75) is 56.9 Å². The van der Waals surface area contributed by atoms with Crippen molar-refractivity contribution in [2.24, 2.45) is 11.8 Å². The monoisotopic (exact) mass is 493 g/mol. The molecule has 0 aromatic carbocycles. The van der Waals surface area contributed by atoms with Gasteiger partial charge in [0.2, 0.25) is 11.8 Å². The number of carbonyl (C=O) groups is 3. The van der Waals surface area contributed by atoms with Crippen molar-refractivity contribution in [2.75, 3.05) is 59.2 Å². The Bertz CT molecular complexity index is 813. The maximum absolute atomic E-state index is 14.2. The molecule has 2 amide bonds. The van der Waals surface area contributed by atoms with Crippen molar-refractivity contribution in [3.63, 3.8) is 0 Å². The minimum absolute atomic E-state index is 0.213. The summed E-state index contributed by atoms with van der Waals surface area (Å²) in [5.74, 6) is -2.46. The van der Waals surface area contributed by atoms with Crippen molar-refractivity contribution in [3.05, 3.63) is 12.7 Å². The van der Waals surface area contributed by atoms with Crippen molar-refractivity contribution in [3.8, 4) is 0 Å². The lowest BCUT2D eigenvalue weighted by Gasteiger charge is -2.39. The van der Waals surface area contributed by atoms with Crippen LogP contribution in [0.2, 0.25) is 0 Å². The third-order valence-electron chi connectivity index (χ3n) is 8.06. The number of aliphatic hydroxyl groups excluding tert-OH is 1. The first kappa shape index (κ1) is 26.1. The zero-order valence-corrected chi connectivity index (χ0v) is 20.9. The summed E-state index contributed by atoms with van der Waals surface area (Å²) in [5, 5.41) is 10.1. The van der Waals surface area contributed by atoms with E-state index in [9.17, 15) is 19.5 Å². The van der Waals surface area contributed by atoms with Gasteiger partial charge in [-0.15, -0.1) is 6.58 Å². The molecular weight excluding hydrogens is 454 g/mol. The first-order valence-electron chi connectivity index (χ1n) is 12.9. The van der Waals surface area contributed by atoms with Crippen LogP contribution in [0.1, 0.15) is 33.1 Å². The number of carbonyl (C=O) groups excluding carboxylic acids is 3. The molecule has 4 heterocycles. The van der Waals surface area contributed by atoms with Gasteiger partial charge in [-0.05, 0) is 26.2 Å². The Morgan fingerprint density at radius 1 is 1.34 bits per heavy atom. The Morgan fingerprint density at radius 2 is 2.09 bits per heavy atom. The van der Waals surface area contributed by atoms with E-state index in [0.717, 1.165) is 13.1 Å². The van der Waals surface area contributed by atoms with Crippen molar-refractivity contribution >= 4 is 17.8 Å². The molecule has 35 heavy (non-hydrogen) atoms. The molecule has 4 aliphatic heterocycles. The molecule has 196 valence electrons. The summed E-state index contributed by atoms with van der Waals surface area (Å²) < 4.78 is 17.1. The van der Waals surface area contributed by atoms with Gasteiger partial charge in [-0.1, -0.05) is 13.0 Å². The predicted molar refractivity (Wildman–Crippen MR) is 126 cm³/mol. The molecule has 10 heteroatoms. The molecule has 4 aliphatic rings. The minimum atomic E-state index is -1.09. The predicted octanol–water partition coefficient (Wildman–Crippen LogP) is 0.0418. The molecule has 4 saturated heterocycles. The normalized spacial score (nSPS) is 33.0. The van der Waals surface area contributed by atoms with Gasteiger partial charge in [0, 0.05) is 32.7 Å². The smallest absolute Gasteiger partial charge is 0.312 e. The number of amides is 2. The summed E-state index contributed by atoms with van der Waals surface area (Å²) in [5.41, 5.74) is -1.09. The summed E-state index contributed by atoms with van der Waals surface area (Å²) in [4.78, 5) is 46.4. The third kappa shape index (κ3) is 4.50. The fraction of sp³-hybridized carbons (Fsp3) is 0.800. The molecule has 10 nitrogen and oxygen atoms in total. The van der Waals surface area contributed by atoms with Crippen LogP contribution in [0.5, 0.6) is 0 Å². The van der Waals surface area contributed by atoms with E-state index in [0.29, 0.717) is 52.1 Å². The molecule has 0 aliphatic carbocycles. The van der Waals surface area contributed by atoms with E-state index in [1.807, 2.05) is 6.92 Å². The highest BCUT2D eigenvalue weighted by molar-refractivity contribution is 5.98. The number of fused-ring (bicyclic) bond motifs is 1. The molecule has 2 bridgehead atoms. The Balaban J connectivity index is 1.65. The number of likely N-dealkylation sites (tertiary alicyclic amines) is 1. The topological polar surface area (TPSA) is 109 Å². The molecule has 0 radical (unpaired) electrons. The van der Waals surface area contributed by atoms with Gasteiger partial charge >= 0.3 is 5.97 Å². The fourth-order valence-electron chi connectivity index (χ4n) is 6.39. The van der Waals surface area contributed by atoms with Crippen LogP contribution >= 0.6 is 0 Å². The number of rotatable bonds is 11. The maximum atomic E-state index is 14.2. The quantitative estimate of drug-likeness (QED) is 0.318. The van der Waals surface area contributed by atoms with E-state index < -0.39 is 41.6 Å². The molecule has 0 aromatic heterocycles. The van der Waals surface area contributed by atoms with Crippen LogP contribution in [-0.4, -0.2) is 121 Å². The van der Waals surface area contributed by atoms with Crippen LogP contribution in [0.15, 0.2) is 12.7 Å². The number of hydrogen-bond acceptors (Lipinski definition) is 8. The zero-order chi connectivity index (χ0) is 25.2. The van der Waals surface area contributed by atoms with Crippen LogP contribution < -0.4 is 0 Å². The lowest BCUT2D eigenvalue weighted by Crippen LogP contribution is -2.59. The van der Waals surface area contributed by atoms with E-state index in [1.54, 1.807) is 17.9 Å². The number of hydrogen-bond donors (Lipinski definition) is 1. The summed E-state index contributed by atoms with van der Waals surface area (Å²) >= 11 is 0. The highest BCUT2D eigenvalue weighted by atomic mass is 16.6. The second-order valence-corrected chi connectivity index (χ2v) is 9.83. The molecule has 0 unspecified atom stereocenters. The largest absolute Gasteiger partial charge is 0.466 e. The van der Waals surface area contributed by atoms with Crippen molar-refractivity contribution in [1.29, 1.82) is 0 Å². The van der Waals surface area contributed by atoms with E-state index >= 15 is 0 Å². The second kappa shape index (κ2) is 10.9. The average Bonchev–Trinajstić information content (AvgIpc) is 3.51. The molecule has 4 rings (SSSR count).